The van der Waals surface area contributed by atoms with E-state index in [2.05, 4.69) is 25.7 Å². The van der Waals surface area contributed by atoms with Crippen LogP contribution in [0, 0.1) is 0 Å². The zero-order chi connectivity index (χ0) is 12.8. The van der Waals surface area contributed by atoms with Gasteiger partial charge >= 0.3 is 0 Å². The molecule has 0 saturated carbocycles. The molecule has 0 unspecified atom stereocenters. The smallest absolute Gasteiger partial charge is 0.148 e. The first-order valence-corrected chi connectivity index (χ1v) is 7.53. The van der Waals surface area contributed by atoms with Crippen molar-refractivity contribution < 1.29 is 8.42 Å². The molecule has 0 saturated heterocycles. The number of nitrogens with one attached hydrogen (secondary N) is 1. The van der Waals surface area contributed by atoms with Crippen molar-refractivity contribution in [3.8, 4) is 0 Å². The van der Waals surface area contributed by atoms with Gasteiger partial charge in [-0.1, -0.05) is 20.4 Å². The third-order valence-electron chi connectivity index (χ3n) is 2.10. The van der Waals surface area contributed by atoms with Crippen molar-refractivity contribution in [3.05, 3.63) is 12.2 Å². The van der Waals surface area contributed by atoms with Gasteiger partial charge in [0.15, 0.2) is 0 Å². The third kappa shape index (κ3) is 10.1. The topological polar surface area (TPSA) is 49.4 Å². The molecule has 0 aliphatic carbocycles. The second-order valence-electron chi connectivity index (χ2n) is 4.65. The highest BCUT2D eigenvalue weighted by Crippen LogP contribution is 1.95. The van der Waals surface area contributed by atoms with Gasteiger partial charge in [0.1, 0.15) is 9.84 Å². The first kappa shape index (κ1) is 15.6. The molecule has 16 heavy (non-hydrogen) atoms. The number of nitrogens with zero attached hydrogens (tertiary/aromatic N) is 1. The summed E-state index contributed by atoms with van der Waals surface area (Å²) in [6, 6.07) is 0.443. The molecule has 0 aliphatic heterocycles. The first-order valence-electron chi connectivity index (χ1n) is 5.47. The molecule has 0 bridgehead atoms. The second kappa shape index (κ2) is 7.04. The SMILES string of the molecule is C=C(CNC(C)C)CN(C)CCS(C)(=O)=O. The molecule has 0 rings (SSSR count). The van der Waals surface area contributed by atoms with Gasteiger partial charge in [0.2, 0.25) is 0 Å². The average molecular weight is 248 g/mol. The Hall–Kier alpha value is -0.390. The van der Waals surface area contributed by atoms with Crippen LogP contribution in [0.15, 0.2) is 12.2 Å². The Morgan fingerprint density at radius 2 is 2.00 bits per heavy atom. The lowest BCUT2D eigenvalue weighted by molar-refractivity contribution is 0.378. The molecule has 5 heteroatoms. The van der Waals surface area contributed by atoms with Gasteiger partial charge < -0.3 is 10.2 Å². The number of rotatable bonds is 8. The van der Waals surface area contributed by atoms with Crippen LogP contribution < -0.4 is 5.32 Å². The van der Waals surface area contributed by atoms with Gasteiger partial charge in [-0.15, -0.1) is 0 Å². The molecule has 0 atom stereocenters. The summed E-state index contributed by atoms with van der Waals surface area (Å²) >= 11 is 0. The maximum Gasteiger partial charge on any atom is 0.148 e. The molecule has 0 fully saturated rings. The minimum atomic E-state index is -2.87. The summed E-state index contributed by atoms with van der Waals surface area (Å²) in [6.07, 6.45) is 1.26. The largest absolute Gasteiger partial charge is 0.311 e. The van der Waals surface area contributed by atoms with E-state index >= 15 is 0 Å². The summed E-state index contributed by atoms with van der Waals surface area (Å²) in [5.74, 6) is 0.203. The fourth-order valence-electron chi connectivity index (χ4n) is 1.19. The van der Waals surface area contributed by atoms with Gasteiger partial charge in [0.05, 0.1) is 5.75 Å². The minimum Gasteiger partial charge on any atom is -0.311 e. The first-order chi connectivity index (χ1) is 7.20. The van der Waals surface area contributed by atoms with E-state index in [4.69, 9.17) is 0 Å². The molecule has 0 spiro atoms. The summed E-state index contributed by atoms with van der Waals surface area (Å²) in [4.78, 5) is 1.98. The normalized spacial score (nSPS) is 12.4. The van der Waals surface area contributed by atoms with E-state index in [-0.39, 0.29) is 5.75 Å². The summed E-state index contributed by atoms with van der Waals surface area (Å²) in [5, 5.41) is 3.28. The van der Waals surface area contributed by atoms with Crippen LogP contribution in [0.1, 0.15) is 13.8 Å². The van der Waals surface area contributed by atoms with Crippen LogP contribution in [-0.4, -0.2) is 58.1 Å². The Morgan fingerprint density at radius 1 is 1.44 bits per heavy atom. The summed E-state index contributed by atoms with van der Waals surface area (Å²) in [7, 11) is -0.959. The highest BCUT2D eigenvalue weighted by Gasteiger charge is 2.06. The molecule has 0 aromatic carbocycles. The van der Waals surface area contributed by atoms with Crippen molar-refractivity contribution in [2.24, 2.45) is 0 Å². The standard InChI is InChI=1S/C11H24N2O2S/c1-10(2)12-8-11(3)9-13(4)6-7-16(5,14)15/h10,12H,3,6-9H2,1-2,4-5H3. The lowest BCUT2D eigenvalue weighted by Gasteiger charge is -2.18. The van der Waals surface area contributed by atoms with Crippen LogP contribution in [0.25, 0.3) is 0 Å². The van der Waals surface area contributed by atoms with Crippen molar-refractivity contribution in [1.82, 2.24) is 10.2 Å². The van der Waals surface area contributed by atoms with Crippen molar-refractivity contribution in [3.63, 3.8) is 0 Å². The zero-order valence-corrected chi connectivity index (χ0v) is 11.6. The predicted octanol–water partition coefficient (Wildman–Crippen LogP) is 0.517. The minimum absolute atomic E-state index is 0.203. The van der Waals surface area contributed by atoms with Crippen LogP contribution in [0.3, 0.4) is 0 Å². The lowest BCUT2D eigenvalue weighted by atomic mass is 10.2. The van der Waals surface area contributed by atoms with E-state index < -0.39 is 9.84 Å². The zero-order valence-electron chi connectivity index (χ0n) is 10.8. The van der Waals surface area contributed by atoms with Gasteiger partial charge in [0, 0.05) is 31.9 Å². The van der Waals surface area contributed by atoms with Crippen LogP contribution >= 0.6 is 0 Å². The average Bonchev–Trinajstić information content (AvgIpc) is 2.10. The van der Waals surface area contributed by atoms with E-state index in [0.717, 1.165) is 18.7 Å². The Labute approximate surface area is 99.6 Å². The highest BCUT2D eigenvalue weighted by atomic mass is 32.2. The number of hydrogen-bond donors (Lipinski definition) is 1. The summed E-state index contributed by atoms with van der Waals surface area (Å²) < 4.78 is 22.0. The molecule has 0 radical (unpaired) electrons. The summed E-state index contributed by atoms with van der Waals surface area (Å²) in [5.41, 5.74) is 1.07. The molecule has 96 valence electrons. The Kier molecular flexibility index (Phi) is 6.87. The Balaban J connectivity index is 3.79. The maximum absolute atomic E-state index is 11.0. The van der Waals surface area contributed by atoms with E-state index in [1.807, 2.05) is 11.9 Å². The van der Waals surface area contributed by atoms with Crippen LogP contribution in [0.5, 0.6) is 0 Å². The Morgan fingerprint density at radius 3 is 2.44 bits per heavy atom. The van der Waals surface area contributed by atoms with Gasteiger partial charge in [-0.3, -0.25) is 0 Å². The number of hydrogen-bond acceptors (Lipinski definition) is 4. The van der Waals surface area contributed by atoms with E-state index in [1.54, 1.807) is 0 Å². The molecule has 4 nitrogen and oxygen atoms in total. The molecule has 0 aromatic rings. The quantitative estimate of drug-likeness (QED) is 0.636. The fraction of sp³-hybridized carbons (Fsp3) is 0.818. The van der Waals surface area contributed by atoms with Gasteiger partial charge in [-0.2, -0.15) is 0 Å². The Bertz CT molecular complexity index is 310. The lowest BCUT2D eigenvalue weighted by Crippen LogP contribution is -2.31. The molecule has 0 heterocycles. The third-order valence-corrected chi connectivity index (χ3v) is 3.02. The highest BCUT2D eigenvalue weighted by molar-refractivity contribution is 7.90. The van der Waals surface area contributed by atoms with Gasteiger partial charge in [-0.05, 0) is 12.6 Å². The second-order valence-corrected chi connectivity index (χ2v) is 6.91. The van der Waals surface area contributed by atoms with Crippen LogP contribution in [0.4, 0.5) is 0 Å². The molecule has 0 aromatic heterocycles. The van der Waals surface area contributed by atoms with Crippen LogP contribution in [0.2, 0.25) is 0 Å². The monoisotopic (exact) mass is 248 g/mol. The van der Waals surface area contributed by atoms with Crippen LogP contribution in [-0.2, 0) is 9.84 Å². The van der Waals surface area contributed by atoms with Crippen molar-refractivity contribution in [1.29, 1.82) is 0 Å². The van der Waals surface area contributed by atoms with Crippen molar-refractivity contribution in [2.75, 3.05) is 38.7 Å². The molecule has 0 aliphatic rings. The maximum atomic E-state index is 11.0. The van der Waals surface area contributed by atoms with Crippen molar-refractivity contribution in [2.45, 2.75) is 19.9 Å². The predicted molar refractivity (Wildman–Crippen MR) is 69.5 cm³/mol. The van der Waals surface area contributed by atoms with Gasteiger partial charge in [0.25, 0.3) is 0 Å². The van der Waals surface area contributed by atoms with E-state index in [9.17, 15) is 8.42 Å². The molecular weight excluding hydrogens is 224 g/mol. The molecule has 0 amide bonds. The number of likely N-dealkylation sites (N-methyl/N-ethyl adjacent to an activating group) is 1. The van der Waals surface area contributed by atoms with E-state index in [1.165, 1.54) is 6.26 Å². The van der Waals surface area contributed by atoms with Gasteiger partial charge in [-0.25, -0.2) is 8.42 Å². The van der Waals surface area contributed by atoms with E-state index in [0.29, 0.717) is 12.6 Å². The molecular formula is C11H24N2O2S. The number of sulfone groups is 1. The fourth-order valence-corrected chi connectivity index (χ4v) is 1.83. The van der Waals surface area contributed by atoms with Crippen molar-refractivity contribution >= 4 is 9.84 Å². The summed E-state index contributed by atoms with van der Waals surface area (Å²) in [6.45, 7) is 10.2. The molecule has 1 N–H and O–H groups in total.